The summed E-state index contributed by atoms with van der Waals surface area (Å²) >= 11 is 0. The maximum absolute atomic E-state index is 13.2. The number of halogens is 1. The van der Waals surface area contributed by atoms with E-state index in [1.54, 1.807) is 48.2 Å². The summed E-state index contributed by atoms with van der Waals surface area (Å²) in [5.41, 5.74) is 0.686. The topological polar surface area (TPSA) is 69.4 Å². The van der Waals surface area contributed by atoms with Crippen LogP contribution >= 0.6 is 0 Å². The summed E-state index contributed by atoms with van der Waals surface area (Å²) < 4.78 is 25.5. The Balaban J connectivity index is 1.77. The first kappa shape index (κ1) is 17.9. The number of methoxy groups -OCH3 is 1. The molecule has 3 aromatic rings. The van der Waals surface area contributed by atoms with Crippen molar-refractivity contribution in [2.75, 3.05) is 7.11 Å². The lowest BCUT2D eigenvalue weighted by Crippen LogP contribution is -2.10. The lowest BCUT2D eigenvalue weighted by molar-refractivity contribution is 0.202. The molecule has 0 aliphatic carbocycles. The first-order valence-electron chi connectivity index (χ1n) is 8.24. The molecule has 0 bridgehead atoms. The van der Waals surface area contributed by atoms with Gasteiger partial charge in [0.1, 0.15) is 30.0 Å². The van der Waals surface area contributed by atoms with Gasteiger partial charge in [-0.3, -0.25) is 0 Å². The standard InChI is InChI=1S/C19H20FN3O3/c1-3-23-19(18(24)13-7-9-15(25-2)10-8-13)21-17(22-23)12-26-16-6-4-5-14(20)11-16/h4-11,18,24H,3,12H2,1-2H3/t18-/m0/s1. The van der Waals surface area contributed by atoms with Crippen molar-refractivity contribution in [3.63, 3.8) is 0 Å². The van der Waals surface area contributed by atoms with Gasteiger partial charge >= 0.3 is 0 Å². The van der Waals surface area contributed by atoms with Crippen LogP contribution in [0.2, 0.25) is 0 Å². The van der Waals surface area contributed by atoms with Crippen molar-refractivity contribution in [1.29, 1.82) is 0 Å². The van der Waals surface area contributed by atoms with Crippen molar-refractivity contribution in [2.24, 2.45) is 0 Å². The number of hydrogen-bond donors (Lipinski definition) is 1. The Morgan fingerprint density at radius 2 is 1.92 bits per heavy atom. The van der Waals surface area contributed by atoms with Gasteiger partial charge in [0.25, 0.3) is 0 Å². The predicted molar refractivity (Wildman–Crippen MR) is 93.5 cm³/mol. The molecule has 26 heavy (non-hydrogen) atoms. The highest BCUT2D eigenvalue weighted by Crippen LogP contribution is 2.23. The largest absolute Gasteiger partial charge is 0.497 e. The van der Waals surface area contributed by atoms with Gasteiger partial charge in [-0.1, -0.05) is 18.2 Å². The molecule has 0 amide bonds. The molecule has 0 aliphatic rings. The van der Waals surface area contributed by atoms with Crippen molar-refractivity contribution in [2.45, 2.75) is 26.2 Å². The number of benzene rings is 2. The fraction of sp³-hybridized carbons (Fsp3) is 0.263. The van der Waals surface area contributed by atoms with E-state index >= 15 is 0 Å². The van der Waals surface area contributed by atoms with Crippen LogP contribution in [0.1, 0.15) is 30.2 Å². The molecule has 1 atom stereocenters. The summed E-state index contributed by atoms with van der Waals surface area (Å²) in [5, 5.41) is 15.0. The van der Waals surface area contributed by atoms with Gasteiger partial charge in [-0.05, 0) is 36.8 Å². The van der Waals surface area contributed by atoms with Crippen LogP contribution in [0.25, 0.3) is 0 Å². The van der Waals surface area contributed by atoms with E-state index in [2.05, 4.69) is 10.1 Å². The third-order valence-corrected chi connectivity index (χ3v) is 3.88. The van der Waals surface area contributed by atoms with Crippen molar-refractivity contribution >= 4 is 0 Å². The Labute approximate surface area is 150 Å². The monoisotopic (exact) mass is 357 g/mol. The third-order valence-electron chi connectivity index (χ3n) is 3.88. The van der Waals surface area contributed by atoms with Crippen LogP contribution in [0.4, 0.5) is 4.39 Å². The highest BCUT2D eigenvalue weighted by atomic mass is 19.1. The second-order valence-electron chi connectivity index (χ2n) is 5.62. The van der Waals surface area contributed by atoms with Gasteiger partial charge in [0.05, 0.1) is 7.11 Å². The fourth-order valence-corrected chi connectivity index (χ4v) is 2.54. The van der Waals surface area contributed by atoms with Crippen molar-refractivity contribution < 1.29 is 19.0 Å². The molecular formula is C19H20FN3O3. The highest BCUT2D eigenvalue weighted by Gasteiger charge is 2.19. The molecule has 0 unspecified atom stereocenters. The summed E-state index contributed by atoms with van der Waals surface area (Å²) in [6, 6.07) is 13.0. The summed E-state index contributed by atoms with van der Waals surface area (Å²) in [5.74, 6) is 1.58. The molecule has 2 aromatic carbocycles. The minimum absolute atomic E-state index is 0.0821. The minimum Gasteiger partial charge on any atom is -0.497 e. The second-order valence-corrected chi connectivity index (χ2v) is 5.62. The zero-order valence-electron chi connectivity index (χ0n) is 14.6. The number of aliphatic hydroxyl groups excluding tert-OH is 1. The summed E-state index contributed by atoms with van der Waals surface area (Å²) in [6.07, 6.45) is -0.920. The molecule has 0 spiro atoms. The zero-order chi connectivity index (χ0) is 18.5. The molecule has 1 heterocycles. The number of nitrogens with zero attached hydrogens (tertiary/aromatic N) is 3. The maximum atomic E-state index is 13.2. The van der Waals surface area contributed by atoms with Crippen LogP contribution in [-0.2, 0) is 13.2 Å². The number of aryl methyl sites for hydroxylation is 1. The summed E-state index contributed by atoms with van der Waals surface area (Å²) in [7, 11) is 1.59. The molecule has 3 rings (SSSR count). The van der Waals surface area contributed by atoms with Crippen molar-refractivity contribution in [1.82, 2.24) is 14.8 Å². The average Bonchev–Trinajstić information content (AvgIpc) is 3.09. The van der Waals surface area contributed by atoms with Gasteiger partial charge in [-0.25, -0.2) is 14.1 Å². The van der Waals surface area contributed by atoms with E-state index in [0.717, 1.165) is 0 Å². The molecule has 0 aliphatic heterocycles. The molecule has 136 valence electrons. The number of ether oxygens (including phenoxy) is 2. The van der Waals surface area contributed by atoms with Crippen molar-refractivity contribution in [3.8, 4) is 11.5 Å². The Bertz CT molecular complexity index is 865. The van der Waals surface area contributed by atoms with E-state index in [-0.39, 0.29) is 12.4 Å². The second kappa shape index (κ2) is 7.97. The fourth-order valence-electron chi connectivity index (χ4n) is 2.54. The molecule has 0 saturated carbocycles. The normalized spacial score (nSPS) is 12.0. The van der Waals surface area contributed by atoms with Crippen molar-refractivity contribution in [3.05, 3.63) is 71.6 Å². The Kier molecular flexibility index (Phi) is 5.48. The van der Waals surface area contributed by atoms with Gasteiger partial charge in [-0.2, -0.15) is 5.10 Å². The van der Waals surface area contributed by atoms with Gasteiger partial charge in [-0.15, -0.1) is 0 Å². The first-order valence-corrected chi connectivity index (χ1v) is 8.24. The van der Waals surface area contributed by atoms with Gasteiger partial charge < -0.3 is 14.6 Å². The van der Waals surface area contributed by atoms with Gasteiger partial charge in [0.2, 0.25) is 0 Å². The molecule has 7 heteroatoms. The zero-order valence-corrected chi connectivity index (χ0v) is 14.6. The molecule has 0 fully saturated rings. The van der Waals surface area contributed by atoms with Crippen LogP contribution in [0.3, 0.4) is 0 Å². The average molecular weight is 357 g/mol. The van der Waals surface area contributed by atoms with E-state index in [0.29, 0.717) is 35.3 Å². The van der Waals surface area contributed by atoms with E-state index in [9.17, 15) is 9.50 Å². The lowest BCUT2D eigenvalue weighted by atomic mass is 10.1. The van der Waals surface area contributed by atoms with Crippen LogP contribution in [0.5, 0.6) is 11.5 Å². The lowest BCUT2D eigenvalue weighted by Gasteiger charge is -2.11. The number of rotatable bonds is 7. The molecule has 1 aromatic heterocycles. The molecule has 0 radical (unpaired) electrons. The Morgan fingerprint density at radius 1 is 1.15 bits per heavy atom. The summed E-state index contributed by atoms with van der Waals surface area (Å²) in [4.78, 5) is 4.39. The van der Waals surface area contributed by atoms with E-state index in [1.807, 2.05) is 6.92 Å². The van der Waals surface area contributed by atoms with E-state index in [1.165, 1.54) is 12.1 Å². The highest BCUT2D eigenvalue weighted by molar-refractivity contribution is 5.31. The first-order chi connectivity index (χ1) is 12.6. The molecule has 0 saturated heterocycles. The molecule has 6 nitrogen and oxygen atoms in total. The quantitative estimate of drug-likeness (QED) is 0.704. The van der Waals surface area contributed by atoms with Gasteiger partial charge in [0.15, 0.2) is 11.6 Å². The van der Waals surface area contributed by atoms with Crippen LogP contribution in [0, 0.1) is 5.82 Å². The van der Waals surface area contributed by atoms with Gasteiger partial charge in [0, 0.05) is 12.6 Å². The van der Waals surface area contributed by atoms with Crippen LogP contribution in [-0.4, -0.2) is 27.0 Å². The summed E-state index contributed by atoms with van der Waals surface area (Å²) in [6.45, 7) is 2.55. The van der Waals surface area contributed by atoms with E-state index in [4.69, 9.17) is 9.47 Å². The number of aromatic nitrogens is 3. The number of aliphatic hydroxyl groups is 1. The maximum Gasteiger partial charge on any atom is 0.188 e. The third kappa shape index (κ3) is 4.00. The SMILES string of the molecule is CCn1nc(COc2cccc(F)c2)nc1[C@@H](O)c1ccc(OC)cc1. The Morgan fingerprint density at radius 3 is 2.58 bits per heavy atom. The Hall–Kier alpha value is -2.93. The van der Waals surface area contributed by atoms with Crippen LogP contribution in [0.15, 0.2) is 48.5 Å². The number of hydrogen-bond acceptors (Lipinski definition) is 5. The molecule has 1 N–H and O–H groups in total. The smallest absolute Gasteiger partial charge is 0.188 e. The predicted octanol–water partition coefficient (Wildman–Crippen LogP) is 3.11. The molecular weight excluding hydrogens is 337 g/mol. The van der Waals surface area contributed by atoms with E-state index < -0.39 is 6.10 Å². The minimum atomic E-state index is -0.920. The van der Waals surface area contributed by atoms with Crippen LogP contribution < -0.4 is 9.47 Å².